The predicted octanol–water partition coefficient (Wildman–Crippen LogP) is 1.29. The van der Waals surface area contributed by atoms with Crippen LogP contribution >= 0.6 is 0 Å². The molecule has 4 N–H and O–H groups in total. The van der Waals surface area contributed by atoms with Gasteiger partial charge in [-0.1, -0.05) is 12.8 Å². The molecule has 2 amide bonds. The molecular weight excluding hydrogens is 258 g/mol. The average Bonchev–Trinajstić information content (AvgIpc) is 2.74. The molecule has 1 fully saturated rings. The number of carbonyl (C=O) groups is 2. The summed E-state index contributed by atoms with van der Waals surface area (Å²) >= 11 is 0. The first kappa shape index (κ1) is 16.8. The van der Waals surface area contributed by atoms with Crippen LogP contribution in [0.4, 0.5) is 4.79 Å². The summed E-state index contributed by atoms with van der Waals surface area (Å²) in [5.74, 6) is -0.458. The molecule has 0 aliphatic heterocycles. The van der Waals surface area contributed by atoms with E-state index in [-0.39, 0.29) is 0 Å². The molecule has 6 nitrogen and oxygen atoms in total. The number of primary amides is 1. The maximum Gasteiger partial charge on any atom is 0.407 e. The lowest BCUT2D eigenvalue weighted by Gasteiger charge is -2.28. The number of hydrogen-bond acceptors (Lipinski definition) is 4. The Morgan fingerprint density at radius 3 is 2.25 bits per heavy atom. The van der Waals surface area contributed by atoms with Gasteiger partial charge in [-0.3, -0.25) is 4.79 Å². The summed E-state index contributed by atoms with van der Waals surface area (Å²) in [6, 6.07) is -0.691. The van der Waals surface area contributed by atoms with E-state index < -0.39 is 29.7 Å². The molecule has 0 heterocycles. The van der Waals surface area contributed by atoms with E-state index in [1.807, 2.05) is 0 Å². The summed E-state index contributed by atoms with van der Waals surface area (Å²) in [6.07, 6.45) is 3.88. The van der Waals surface area contributed by atoms with Crippen molar-refractivity contribution in [2.75, 3.05) is 0 Å². The average molecular weight is 285 g/mol. The number of nitrogens with two attached hydrogens (primary N) is 1. The highest BCUT2D eigenvalue weighted by atomic mass is 16.6. The van der Waals surface area contributed by atoms with E-state index in [1.54, 1.807) is 27.7 Å². The second-order valence-electron chi connectivity index (χ2n) is 6.46. The van der Waals surface area contributed by atoms with Crippen LogP contribution in [-0.2, 0) is 9.53 Å². The maximum atomic E-state index is 11.7. The maximum absolute atomic E-state index is 11.7. The van der Waals surface area contributed by atoms with Gasteiger partial charge in [0.15, 0.2) is 0 Å². The highest BCUT2D eigenvalue weighted by Gasteiger charge is 2.29. The van der Waals surface area contributed by atoms with Gasteiger partial charge in [0.1, 0.15) is 11.6 Å². The van der Waals surface area contributed by atoms with Gasteiger partial charge < -0.3 is 21.1 Å². The molecule has 0 spiro atoms. The topological polar surface area (TPSA) is 93.4 Å². The van der Waals surface area contributed by atoms with E-state index in [2.05, 4.69) is 10.6 Å². The lowest BCUT2D eigenvalue weighted by molar-refractivity contribution is -0.120. The van der Waals surface area contributed by atoms with Crippen molar-refractivity contribution in [2.24, 2.45) is 5.73 Å². The molecular formula is C14H27N3O3. The fourth-order valence-electron chi connectivity index (χ4n) is 2.40. The smallest absolute Gasteiger partial charge is 0.407 e. The monoisotopic (exact) mass is 285 g/mol. The van der Waals surface area contributed by atoms with Crippen LogP contribution in [0.15, 0.2) is 0 Å². The Kier molecular flexibility index (Phi) is 5.80. The molecule has 0 aromatic carbocycles. The summed E-state index contributed by atoms with van der Waals surface area (Å²) in [7, 11) is 0. The van der Waals surface area contributed by atoms with Crippen molar-refractivity contribution in [3.63, 3.8) is 0 Å². The van der Waals surface area contributed by atoms with Gasteiger partial charge in [0.2, 0.25) is 5.91 Å². The number of ether oxygens (including phenoxy) is 1. The third kappa shape index (κ3) is 5.77. The van der Waals surface area contributed by atoms with Gasteiger partial charge in [-0.2, -0.15) is 0 Å². The highest BCUT2D eigenvalue weighted by molar-refractivity contribution is 5.81. The van der Waals surface area contributed by atoms with Crippen LogP contribution in [0.3, 0.4) is 0 Å². The van der Waals surface area contributed by atoms with Gasteiger partial charge in [-0.25, -0.2) is 4.79 Å². The Morgan fingerprint density at radius 2 is 1.80 bits per heavy atom. The second kappa shape index (κ2) is 6.92. The molecule has 0 radical (unpaired) electrons. The molecule has 1 aliphatic carbocycles. The number of nitrogens with one attached hydrogen (secondary N) is 2. The molecule has 1 saturated carbocycles. The molecule has 6 heteroatoms. The molecule has 0 aromatic rings. The van der Waals surface area contributed by atoms with E-state index in [4.69, 9.17) is 10.5 Å². The second-order valence-corrected chi connectivity index (χ2v) is 6.46. The largest absolute Gasteiger partial charge is 0.444 e. The normalized spacial score (nSPS) is 19.4. The van der Waals surface area contributed by atoms with Gasteiger partial charge in [0, 0.05) is 6.04 Å². The quantitative estimate of drug-likeness (QED) is 0.709. The minimum atomic E-state index is -0.578. The van der Waals surface area contributed by atoms with E-state index in [9.17, 15) is 9.59 Å². The molecule has 116 valence electrons. The minimum Gasteiger partial charge on any atom is -0.444 e. The van der Waals surface area contributed by atoms with Gasteiger partial charge in [-0.15, -0.1) is 0 Å². The van der Waals surface area contributed by atoms with Crippen molar-refractivity contribution in [1.82, 2.24) is 10.6 Å². The zero-order valence-corrected chi connectivity index (χ0v) is 12.9. The molecule has 1 aliphatic rings. The third-order valence-corrected chi connectivity index (χ3v) is 3.32. The lowest BCUT2D eigenvalue weighted by Crippen LogP contribution is -2.57. The first-order valence-electron chi connectivity index (χ1n) is 7.24. The Hall–Kier alpha value is -1.30. The Morgan fingerprint density at radius 1 is 1.25 bits per heavy atom. The van der Waals surface area contributed by atoms with Crippen LogP contribution < -0.4 is 16.4 Å². The van der Waals surface area contributed by atoms with Crippen molar-refractivity contribution >= 4 is 12.0 Å². The van der Waals surface area contributed by atoms with Crippen LogP contribution in [0.5, 0.6) is 0 Å². The van der Waals surface area contributed by atoms with E-state index >= 15 is 0 Å². The Labute approximate surface area is 120 Å². The number of amides is 2. The predicted molar refractivity (Wildman–Crippen MR) is 77.2 cm³/mol. The van der Waals surface area contributed by atoms with E-state index in [0.717, 1.165) is 25.7 Å². The highest BCUT2D eigenvalue weighted by Crippen LogP contribution is 2.18. The zero-order valence-electron chi connectivity index (χ0n) is 12.9. The number of carbonyl (C=O) groups excluding carboxylic acids is 2. The van der Waals surface area contributed by atoms with Gasteiger partial charge in [0.25, 0.3) is 0 Å². The van der Waals surface area contributed by atoms with Gasteiger partial charge >= 0.3 is 6.09 Å². The fourth-order valence-corrected chi connectivity index (χ4v) is 2.40. The molecule has 0 bridgehead atoms. The molecule has 0 aromatic heterocycles. The number of alkyl carbamates (subject to hydrolysis) is 1. The molecule has 20 heavy (non-hydrogen) atoms. The number of rotatable bonds is 5. The van der Waals surface area contributed by atoms with Crippen molar-refractivity contribution in [3.8, 4) is 0 Å². The summed E-state index contributed by atoms with van der Waals surface area (Å²) < 4.78 is 5.18. The summed E-state index contributed by atoms with van der Waals surface area (Å²) in [5, 5.41) is 5.91. The van der Waals surface area contributed by atoms with Crippen molar-refractivity contribution in [1.29, 1.82) is 0 Å². The SMILES string of the molecule is CC(NC(=O)OC(C)(C)C)C(NC1CCCC1)C(N)=O. The van der Waals surface area contributed by atoms with Crippen molar-refractivity contribution in [2.45, 2.75) is 77.1 Å². The molecule has 0 saturated heterocycles. The summed E-state index contributed by atoms with van der Waals surface area (Å²) in [5.41, 5.74) is 4.86. The van der Waals surface area contributed by atoms with E-state index in [0.29, 0.717) is 6.04 Å². The van der Waals surface area contributed by atoms with Crippen LogP contribution in [-0.4, -0.2) is 35.7 Å². The number of hydrogen-bond donors (Lipinski definition) is 3. The fraction of sp³-hybridized carbons (Fsp3) is 0.857. The van der Waals surface area contributed by atoms with Crippen molar-refractivity contribution in [3.05, 3.63) is 0 Å². The molecule has 2 atom stereocenters. The minimum absolute atomic E-state index is 0.301. The summed E-state index contributed by atoms with van der Waals surface area (Å²) in [4.78, 5) is 23.3. The third-order valence-electron chi connectivity index (χ3n) is 3.32. The Balaban J connectivity index is 2.53. The first-order chi connectivity index (χ1) is 9.19. The molecule has 1 rings (SSSR count). The van der Waals surface area contributed by atoms with Crippen molar-refractivity contribution < 1.29 is 14.3 Å². The summed E-state index contributed by atoms with van der Waals surface area (Å²) in [6.45, 7) is 7.13. The van der Waals surface area contributed by atoms with E-state index in [1.165, 1.54) is 0 Å². The van der Waals surface area contributed by atoms with Gasteiger partial charge in [0.05, 0.1) is 6.04 Å². The zero-order chi connectivity index (χ0) is 15.3. The molecule has 2 unspecified atom stereocenters. The standard InChI is InChI=1S/C14H27N3O3/c1-9(16-13(19)20-14(2,3)4)11(12(15)18)17-10-7-5-6-8-10/h9-11,17H,5-8H2,1-4H3,(H2,15,18)(H,16,19). The van der Waals surface area contributed by atoms with Crippen LogP contribution in [0.1, 0.15) is 53.4 Å². The van der Waals surface area contributed by atoms with Crippen LogP contribution in [0, 0.1) is 0 Å². The van der Waals surface area contributed by atoms with Crippen LogP contribution in [0.2, 0.25) is 0 Å². The van der Waals surface area contributed by atoms with Crippen LogP contribution in [0.25, 0.3) is 0 Å². The first-order valence-corrected chi connectivity index (χ1v) is 7.24. The lowest BCUT2D eigenvalue weighted by atomic mass is 10.1. The Bertz CT molecular complexity index is 346. The van der Waals surface area contributed by atoms with Gasteiger partial charge in [-0.05, 0) is 40.5 Å².